The van der Waals surface area contributed by atoms with Crippen LogP contribution in [0, 0.1) is 19.8 Å². The lowest BCUT2D eigenvalue weighted by atomic mass is 9.86. The van der Waals surface area contributed by atoms with Gasteiger partial charge in [0.1, 0.15) is 5.75 Å². The van der Waals surface area contributed by atoms with Crippen LogP contribution in [0.2, 0.25) is 0 Å². The average molecular weight is 288 g/mol. The summed E-state index contributed by atoms with van der Waals surface area (Å²) in [5, 5.41) is 9.20. The quantitative estimate of drug-likeness (QED) is 0.861. The second kappa shape index (κ2) is 5.36. The van der Waals surface area contributed by atoms with Gasteiger partial charge in [-0.3, -0.25) is 4.79 Å². The molecule has 1 aromatic rings. The maximum Gasteiger partial charge on any atom is 0.304 e. The minimum absolute atomic E-state index is 0.183. The second-order valence-electron chi connectivity index (χ2n) is 6.92. The number of rotatable bonds is 6. The van der Waals surface area contributed by atoms with Crippen LogP contribution in [0.4, 0.5) is 0 Å². The molecule has 3 rings (SSSR count). The zero-order chi connectivity index (χ0) is 15.0. The predicted molar refractivity (Wildman–Crippen MR) is 81.9 cm³/mol. The van der Waals surface area contributed by atoms with Crippen LogP contribution in [-0.2, 0) is 10.2 Å². The minimum Gasteiger partial charge on any atom is -0.493 e. The summed E-state index contributed by atoms with van der Waals surface area (Å²) in [5.74, 6) is 0.927. The molecule has 2 saturated carbocycles. The van der Waals surface area contributed by atoms with Gasteiger partial charge in [0.2, 0.25) is 0 Å². The molecule has 1 aromatic carbocycles. The number of carboxylic acids is 1. The van der Waals surface area contributed by atoms with Crippen LogP contribution >= 0.6 is 0 Å². The molecule has 3 nitrogen and oxygen atoms in total. The van der Waals surface area contributed by atoms with E-state index in [4.69, 9.17) is 4.74 Å². The summed E-state index contributed by atoms with van der Waals surface area (Å²) in [5.41, 5.74) is 3.27. The fraction of sp³-hybridized carbons (Fsp3) is 0.611. The van der Waals surface area contributed by atoms with Crippen molar-refractivity contribution in [2.24, 2.45) is 5.92 Å². The van der Waals surface area contributed by atoms with Gasteiger partial charge in [0.25, 0.3) is 0 Å². The maximum absolute atomic E-state index is 11.2. The molecule has 0 unspecified atom stereocenters. The van der Waals surface area contributed by atoms with Gasteiger partial charge in [0.15, 0.2) is 0 Å². The number of ether oxygens (including phenoxy) is 1. The molecule has 0 atom stereocenters. The van der Waals surface area contributed by atoms with Gasteiger partial charge in [-0.2, -0.15) is 0 Å². The van der Waals surface area contributed by atoms with E-state index in [1.165, 1.54) is 24.8 Å². The Labute approximate surface area is 126 Å². The Bertz CT molecular complexity index is 554. The van der Waals surface area contributed by atoms with Crippen molar-refractivity contribution in [1.29, 1.82) is 0 Å². The molecule has 2 fully saturated rings. The summed E-state index contributed by atoms with van der Waals surface area (Å²) in [6, 6.07) is 4.27. The molecule has 2 aliphatic rings. The number of carbonyl (C=O) groups is 1. The summed E-state index contributed by atoms with van der Waals surface area (Å²) in [7, 11) is 0. The normalized spacial score (nSPS) is 19.9. The largest absolute Gasteiger partial charge is 0.493 e. The van der Waals surface area contributed by atoms with Crippen molar-refractivity contribution in [3.05, 3.63) is 28.8 Å². The Balaban J connectivity index is 1.88. The van der Waals surface area contributed by atoms with E-state index in [1.807, 2.05) is 0 Å². The van der Waals surface area contributed by atoms with E-state index in [1.54, 1.807) is 0 Å². The fourth-order valence-corrected chi connectivity index (χ4v) is 3.38. The molecule has 0 radical (unpaired) electrons. The highest BCUT2D eigenvalue weighted by Gasteiger charge is 2.48. The van der Waals surface area contributed by atoms with Crippen molar-refractivity contribution in [2.45, 2.75) is 57.8 Å². The van der Waals surface area contributed by atoms with Crippen LogP contribution in [-0.4, -0.2) is 17.7 Å². The molecule has 0 saturated heterocycles. The lowest BCUT2D eigenvalue weighted by Crippen LogP contribution is -2.21. The van der Waals surface area contributed by atoms with Crippen molar-refractivity contribution < 1.29 is 14.6 Å². The highest BCUT2D eigenvalue weighted by Crippen LogP contribution is 2.54. The Hall–Kier alpha value is -1.51. The lowest BCUT2D eigenvalue weighted by Gasteiger charge is -2.27. The zero-order valence-electron chi connectivity index (χ0n) is 12.9. The Kier molecular flexibility index (Phi) is 3.68. The van der Waals surface area contributed by atoms with Gasteiger partial charge in [-0.05, 0) is 51.0 Å². The molecule has 0 heterocycles. The summed E-state index contributed by atoms with van der Waals surface area (Å²) in [6.07, 6.45) is 5.98. The molecular formula is C18H24O3. The molecule has 0 spiro atoms. The SMILES string of the molecule is Cc1cc(C)c(OCC2CCC2)c(C2(CC(=O)O)CC2)c1. The third-order valence-corrected chi connectivity index (χ3v) is 5.02. The van der Waals surface area contributed by atoms with Gasteiger partial charge in [0, 0.05) is 11.0 Å². The molecule has 21 heavy (non-hydrogen) atoms. The van der Waals surface area contributed by atoms with Crippen molar-refractivity contribution in [1.82, 2.24) is 0 Å². The van der Waals surface area contributed by atoms with Gasteiger partial charge >= 0.3 is 5.97 Å². The Morgan fingerprint density at radius 3 is 2.57 bits per heavy atom. The topological polar surface area (TPSA) is 46.5 Å². The van der Waals surface area contributed by atoms with Crippen molar-refractivity contribution in [3.63, 3.8) is 0 Å². The summed E-state index contributed by atoms with van der Waals surface area (Å²) >= 11 is 0. The smallest absolute Gasteiger partial charge is 0.304 e. The first-order valence-corrected chi connectivity index (χ1v) is 7.96. The average Bonchev–Trinajstić information content (AvgIpc) is 3.09. The molecule has 1 N–H and O–H groups in total. The maximum atomic E-state index is 11.2. The molecule has 0 bridgehead atoms. The molecule has 114 valence electrons. The van der Waals surface area contributed by atoms with Crippen molar-refractivity contribution in [3.8, 4) is 5.75 Å². The van der Waals surface area contributed by atoms with Gasteiger partial charge < -0.3 is 9.84 Å². The van der Waals surface area contributed by atoms with Crippen LogP contribution in [0.15, 0.2) is 12.1 Å². The monoisotopic (exact) mass is 288 g/mol. The molecule has 0 aliphatic heterocycles. The molecule has 0 amide bonds. The van der Waals surface area contributed by atoms with E-state index in [-0.39, 0.29) is 11.8 Å². The number of hydrogen-bond acceptors (Lipinski definition) is 2. The minimum atomic E-state index is -0.711. The Morgan fingerprint density at radius 2 is 2.05 bits per heavy atom. The number of aryl methyl sites for hydroxylation is 2. The van der Waals surface area contributed by atoms with E-state index in [0.29, 0.717) is 5.92 Å². The lowest BCUT2D eigenvalue weighted by molar-refractivity contribution is -0.137. The summed E-state index contributed by atoms with van der Waals surface area (Å²) in [6.45, 7) is 4.92. The second-order valence-corrected chi connectivity index (χ2v) is 6.92. The first-order chi connectivity index (χ1) is 10.00. The highest BCUT2D eigenvalue weighted by molar-refractivity contribution is 5.71. The van der Waals surface area contributed by atoms with E-state index in [0.717, 1.165) is 36.3 Å². The summed E-state index contributed by atoms with van der Waals surface area (Å²) in [4.78, 5) is 11.2. The predicted octanol–water partition coefficient (Wildman–Crippen LogP) is 3.99. The standard InChI is InChI=1S/C18H24O3/c1-12-8-13(2)17(21-11-14-4-3-5-14)15(9-12)18(6-7-18)10-16(19)20/h8-9,14H,3-7,10-11H2,1-2H3,(H,19,20). The molecule has 0 aromatic heterocycles. The fourth-order valence-electron chi connectivity index (χ4n) is 3.38. The van der Waals surface area contributed by atoms with Crippen molar-refractivity contribution in [2.75, 3.05) is 6.61 Å². The van der Waals surface area contributed by atoms with Crippen LogP contribution in [0.3, 0.4) is 0 Å². The highest BCUT2D eigenvalue weighted by atomic mass is 16.5. The van der Waals surface area contributed by atoms with E-state index < -0.39 is 5.97 Å². The van der Waals surface area contributed by atoms with E-state index >= 15 is 0 Å². The number of carboxylic acid groups (broad SMARTS) is 1. The van der Waals surface area contributed by atoms with Gasteiger partial charge in [0.05, 0.1) is 13.0 Å². The molecule has 3 heteroatoms. The third-order valence-electron chi connectivity index (χ3n) is 5.02. The van der Waals surface area contributed by atoms with Gasteiger partial charge in [-0.1, -0.05) is 24.1 Å². The number of aliphatic carboxylic acids is 1. The number of hydrogen-bond donors (Lipinski definition) is 1. The van der Waals surface area contributed by atoms with Crippen LogP contribution in [0.5, 0.6) is 5.75 Å². The first kappa shape index (κ1) is 14.4. The zero-order valence-corrected chi connectivity index (χ0v) is 12.9. The van der Waals surface area contributed by atoms with Crippen molar-refractivity contribution >= 4 is 5.97 Å². The molecule has 2 aliphatic carbocycles. The Morgan fingerprint density at radius 1 is 1.33 bits per heavy atom. The van der Waals surface area contributed by atoms with Crippen LogP contribution < -0.4 is 4.74 Å². The molecular weight excluding hydrogens is 264 g/mol. The van der Waals surface area contributed by atoms with Crippen LogP contribution in [0.25, 0.3) is 0 Å². The summed E-state index contributed by atoms with van der Waals surface area (Å²) < 4.78 is 6.14. The van der Waals surface area contributed by atoms with Crippen LogP contribution in [0.1, 0.15) is 55.2 Å². The first-order valence-electron chi connectivity index (χ1n) is 7.96. The van der Waals surface area contributed by atoms with Gasteiger partial charge in [-0.15, -0.1) is 0 Å². The third kappa shape index (κ3) is 2.92. The van der Waals surface area contributed by atoms with Gasteiger partial charge in [-0.25, -0.2) is 0 Å². The number of benzene rings is 1. The van der Waals surface area contributed by atoms with E-state index in [9.17, 15) is 9.90 Å². The van der Waals surface area contributed by atoms with E-state index in [2.05, 4.69) is 26.0 Å².